The Kier molecular flexibility index (Phi) is 44.8. The van der Waals surface area contributed by atoms with Gasteiger partial charge in [-0.05, 0) is 96.3 Å². The molecule has 3 aliphatic rings. The lowest BCUT2D eigenvalue weighted by Crippen LogP contribution is -2.66. The Morgan fingerprint density at radius 3 is 1.27 bits per heavy atom. The molecule has 17 unspecified atom stereocenters. The third-order valence-corrected chi connectivity index (χ3v) is 15.8. The first kappa shape index (κ1) is 78.7. The predicted molar refractivity (Wildman–Crippen MR) is 341 cm³/mol. The Balaban J connectivity index is 1.46. The maximum Gasteiger partial charge on any atom is 0.220 e. The van der Waals surface area contributed by atoms with Gasteiger partial charge in [0.25, 0.3) is 0 Å². The van der Waals surface area contributed by atoms with Crippen molar-refractivity contribution in [3.8, 4) is 0 Å². The molecule has 3 fully saturated rings. The maximum absolute atomic E-state index is 13.4. The largest absolute Gasteiger partial charge is 0.394 e. The van der Waals surface area contributed by atoms with Crippen LogP contribution in [0.25, 0.3) is 0 Å². The Morgan fingerprint density at radius 1 is 0.420 bits per heavy atom. The first-order valence-corrected chi connectivity index (χ1v) is 33.1. The SMILES string of the molecule is CC/C=C\C/C=C\C/C=C\C/C=C\C/C=C\C/C=C\CCCCCCCCCCC(=O)NC(COC1OC(CO)C(OC2OC(CO)C(OC3OC(CO)C(O)C(O)C3O)C(O)C2O)C(O)C1O)C(O)/C=C/CC/C=C/CC/C=C/CCCCCCCC. The van der Waals surface area contributed by atoms with E-state index in [4.69, 9.17) is 28.4 Å². The maximum atomic E-state index is 13.4. The van der Waals surface area contributed by atoms with Crippen LogP contribution >= 0.6 is 0 Å². The molecular formula is C69H115NO18. The summed E-state index contributed by atoms with van der Waals surface area (Å²) in [6, 6.07) is -1.01. The van der Waals surface area contributed by atoms with Crippen molar-refractivity contribution >= 4 is 5.91 Å². The van der Waals surface area contributed by atoms with E-state index < -0.39 is 124 Å². The number of carbonyl (C=O) groups excluding carboxylic acids is 1. The summed E-state index contributed by atoms with van der Waals surface area (Å²) >= 11 is 0. The van der Waals surface area contributed by atoms with Crippen molar-refractivity contribution in [3.05, 3.63) is 109 Å². The molecule has 3 saturated heterocycles. The highest BCUT2D eigenvalue weighted by atomic mass is 16.8. The fourth-order valence-electron chi connectivity index (χ4n) is 10.4. The second-order valence-corrected chi connectivity index (χ2v) is 23.2. The molecule has 12 N–H and O–H groups in total. The minimum Gasteiger partial charge on any atom is -0.394 e. The normalized spacial score (nSPS) is 29.1. The highest BCUT2D eigenvalue weighted by Crippen LogP contribution is 2.33. The van der Waals surface area contributed by atoms with E-state index in [1.165, 1.54) is 44.9 Å². The number of ether oxygens (including phenoxy) is 6. The molecule has 1 amide bonds. The number of amides is 1. The van der Waals surface area contributed by atoms with E-state index >= 15 is 0 Å². The first-order valence-electron chi connectivity index (χ1n) is 33.1. The van der Waals surface area contributed by atoms with Crippen LogP contribution in [0, 0.1) is 0 Å². The molecule has 19 nitrogen and oxygen atoms in total. The molecule has 504 valence electrons. The van der Waals surface area contributed by atoms with E-state index in [-0.39, 0.29) is 18.9 Å². The molecule has 0 aromatic carbocycles. The number of aliphatic hydroxyl groups is 11. The van der Waals surface area contributed by atoms with Crippen molar-refractivity contribution < 1.29 is 89.4 Å². The van der Waals surface area contributed by atoms with Crippen molar-refractivity contribution in [2.24, 2.45) is 0 Å². The Hall–Kier alpha value is -3.55. The average molecular weight is 1250 g/mol. The van der Waals surface area contributed by atoms with Crippen LogP contribution in [0.4, 0.5) is 0 Å². The van der Waals surface area contributed by atoms with Gasteiger partial charge in [-0.2, -0.15) is 0 Å². The summed E-state index contributed by atoms with van der Waals surface area (Å²) in [5, 5.41) is 120. The van der Waals surface area contributed by atoms with Crippen molar-refractivity contribution in [1.29, 1.82) is 0 Å². The van der Waals surface area contributed by atoms with Crippen LogP contribution < -0.4 is 5.32 Å². The fourth-order valence-corrected chi connectivity index (χ4v) is 10.4. The van der Waals surface area contributed by atoms with Gasteiger partial charge in [-0.3, -0.25) is 4.79 Å². The molecule has 3 heterocycles. The fraction of sp³-hybridized carbons (Fsp3) is 0.725. The second kappa shape index (κ2) is 50.1. The number of hydrogen-bond donors (Lipinski definition) is 12. The van der Waals surface area contributed by atoms with E-state index in [2.05, 4.69) is 116 Å². The highest BCUT2D eigenvalue weighted by molar-refractivity contribution is 5.76. The molecule has 0 spiro atoms. The van der Waals surface area contributed by atoms with Gasteiger partial charge >= 0.3 is 0 Å². The molecule has 0 saturated carbocycles. The molecule has 19 heteroatoms. The van der Waals surface area contributed by atoms with E-state index in [1.54, 1.807) is 6.08 Å². The van der Waals surface area contributed by atoms with Gasteiger partial charge in [0.2, 0.25) is 5.91 Å². The summed E-state index contributed by atoms with van der Waals surface area (Å²) in [5.41, 5.74) is 0. The van der Waals surface area contributed by atoms with E-state index in [0.29, 0.717) is 12.8 Å². The Labute approximate surface area is 525 Å². The van der Waals surface area contributed by atoms with E-state index in [1.807, 2.05) is 6.08 Å². The lowest BCUT2D eigenvalue weighted by Gasteiger charge is -2.48. The van der Waals surface area contributed by atoms with Gasteiger partial charge in [0.15, 0.2) is 18.9 Å². The molecule has 88 heavy (non-hydrogen) atoms. The average Bonchev–Trinajstić information content (AvgIpc) is 3.39. The van der Waals surface area contributed by atoms with Crippen LogP contribution in [-0.2, 0) is 33.2 Å². The van der Waals surface area contributed by atoms with Crippen LogP contribution in [-0.4, -0.2) is 193 Å². The van der Waals surface area contributed by atoms with E-state index in [9.17, 15) is 61.0 Å². The summed E-state index contributed by atoms with van der Waals surface area (Å²) in [6.07, 6.45) is 39.1. The minimum absolute atomic E-state index is 0.215. The number of allylic oxidation sites excluding steroid dienone is 17. The van der Waals surface area contributed by atoms with Gasteiger partial charge < -0.3 is 89.9 Å². The quantitative estimate of drug-likeness (QED) is 0.0204. The van der Waals surface area contributed by atoms with Crippen molar-refractivity contribution in [2.75, 3.05) is 26.4 Å². The number of carbonyl (C=O) groups is 1. The van der Waals surface area contributed by atoms with E-state index in [0.717, 1.165) is 109 Å². The van der Waals surface area contributed by atoms with Gasteiger partial charge in [0.1, 0.15) is 73.2 Å². The number of rotatable bonds is 48. The minimum atomic E-state index is -1.99. The number of hydrogen-bond acceptors (Lipinski definition) is 18. The molecule has 0 aromatic heterocycles. The van der Waals surface area contributed by atoms with Crippen LogP contribution in [0.15, 0.2) is 109 Å². The van der Waals surface area contributed by atoms with Gasteiger partial charge in [-0.15, -0.1) is 0 Å². The first-order chi connectivity index (χ1) is 42.8. The summed E-state index contributed by atoms with van der Waals surface area (Å²) < 4.78 is 34.3. The monoisotopic (exact) mass is 1250 g/mol. The summed E-state index contributed by atoms with van der Waals surface area (Å²) in [7, 11) is 0. The zero-order valence-corrected chi connectivity index (χ0v) is 52.9. The Morgan fingerprint density at radius 2 is 0.795 bits per heavy atom. The topological polar surface area (TPSA) is 307 Å². The lowest BCUT2D eigenvalue weighted by molar-refractivity contribution is -0.379. The molecule has 0 radical (unpaired) electrons. The van der Waals surface area contributed by atoms with Crippen molar-refractivity contribution in [1.82, 2.24) is 5.32 Å². The van der Waals surface area contributed by atoms with Gasteiger partial charge in [-0.1, -0.05) is 194 Å². The van der Waals surface area contributed by atoms with Crippen LogP contribution in [0.2, 0.25) is 0 Å². The van der Waals surface area contributed by atoms with Crippen LogP contribution in [0.1, 0.15) is 187 Å². The third-order valence-electron chi connectivity index (χ3n) is 15.8. The number of aliphatic hydroxyl groups excluding tert-OH is 11. The second-order valence-electron chi connectivity index (χ2n) is 23.2. The van der Waals surface area contributed by atoms with Gasteiger partial charge in [-0.25, -0.2) is 0 Å². The Bertz CT molecular complexity index is 2020. The molecule has 3 rings (SSSR count). The van der Waals surface area contributed by atoms with Gasteiger partial charge in [0, 0.05) is 6.42 Å². The molecule has 0 aromatic rings. The summed E-state index contributed by atoms with van der Waals surface area (Å²) in [6.45, 7) is 1.55. The smallest absolute Gasteiger partial charge is 0.220 e. The zero-order chi connectivity index (χ0) is 64.0. The molecular weight excluding hydrogens is 1130 g/mol. The lowest BCUT2D eigenvalue weighted by atomic mass is 9.96. The highest BCUT2D eigenvalue weighted by Gasteiger charge is 2.53. The standard InChI is InChI=1S/C69H115NO18/c1-3-5-7-9-11-13-15-17-19-21-22-23-24-25-26-27-28-29-30-31-33-35-37-39-41-43-45-47-57(75)70-52(53(74)46-44-42-40-38-36-34-32-20-18-16-14-12-10-8-6-4-2)51-83-67-63(81)60(78)65(55(49-72)85-67)88-69-64(82)61(79)66(56(50-73)86-69)87-68-62(80)59(77)58(76)54(48-71)84-68/h5,7,11,13,17-20,22-23,25-26,28-29,36,38,44,46,52-56,58-69,71-74,76-82H,3-4,6,8-10,12,14-16,21,24,27,30-35,37,39-43,45,47-51H2,1-2H3,(H,70,75)/b7-5-,13-11-,19-17-,20-18+,23-22-,26-25-,29-28-,38-36+,46-44+. The molecule has 17 atom stereocenters. The number of unbranched alkanes of at least 4 members (excludes halogenated alkanes) is 16. The zero-order valence-electron chi connectivity index (χ0n) is 52.9. The van der Waals surface area contributed by atoms with Crippen LogP contribution in [0.5, 0.6) is 0 Å². The van der Waals surface area contributed by atoms with Crippen LogP contribution in [0.3, 0.4) is 0 Å². The summed E-state index contributed by atoms with van der Waals surface area (Å²) in [4.78, 5) is 13.4. The third kappa shape index (κ3) is 32.1. The number of nitrogens with one attached hydrogen (secondary N) is 1. The van der Waals surface area contributed by atoms with Gasteiger partial charge in [0.05, 0.1) is 38.6 Å². The molecule has 3 aliphatic heterocycles. The molecule has 0 aliphatic carbocycles. The van der Waals surface area contributed by atoms with Crippen molar-refractivity contribution in [3.63, 3.8) is 0 Å². The predicted octanol–water partition coefficient (Wildman–Crippen LogP) is 7.88. The summed E-state index contributed by atoms with van der Waals surface area (Å²) in [5.74, 6) is -0.304. The van der Waals surface area contributed by atoms with Crippen molar-refractivity contribution in [2.45, 2.75) is 291 Å². The molecule has 0 bridgehead atoms.